The van der Waals surface area contributed by atoms with Crippen molar-refractivity contribution in [3.8, 4) is 0 Å². The molecule has 0 amide bonds. The van der Waals surface area contributed by atoms with Gasteiger partial charge in [-0.3, -0.25) is 0 Å². The Morgan fingerprint density at radius 2 is 2.26 bits per heavy atom. The van der Waals surface area contributed by atoms with Gasteiger partial charge < -0.3 is 10.5 Å². The van der Waals surface area contributed by atoms with E-state index in [9.17, 15) is 0 Å². The summed E-state index contributed by atoms with van der Waals surface area (Å²) in [6.45, 7) is 1.09. The molecule has 1 unspecified atom stereocenters. The molecule has 1 heterocycles. The van der Waals surface area contributed by atoms with E-state index in [1.54, 1.807) is 11.3 Å². The van der Waals surface area contributed by atoms with E-state index in [1.807, 2.05) is 5.38 Å². The molecule has 1 aliphatic rings. The first-order valence-electron chi connectivity index (χ1n) is 6.69. The van der Waals surface area contributed by atoms with E-state index in [4.69, 9.17) is 10.5 Å². The van der Waals surface area contributed by atoms with Crippen molar-refractivity contribution in [2.24, 2.45) is 5.73 Å². The van der Waals surface area contributed by atoms with Gasteiger partial charge in [-0.1, -0.05) is 24.3 Å². The van der Waals surface area contributed by atoms with Crippen LogP contribution >= 0.6 is 11.3 Å². The van der Waals surface area contributed by atoms with Gasteiger partial charge in [0.25, 0.3) is 0 Å². The van der Waals surface area contributed by atoms with Crippen LogP contribution in [-0.2, 0) is 24.3 Å². The van der Waals surface area contributed by atoms with Gasteiger partial charge in [-0.15, -0.1) is 11.3 Å². The van der Waals surface area contributed by atoms with Crippen LogP contribution in [0.2, 0.25) is 0 Å². The molecule has 3 rings (SSSR count). The second-order valence-corrected chi connectivity index (χ2v) is 5.77. The van der Waals surface area contributed by atoms with Crippen molar-refractivity contribution in [1.29, 1.82) is 0 Å². The lowest BCUT2D eigenvalue weighted by Crippen LogP contribution is -2.12. The zero-order valence-corrected chi connectivity index (χ0v) is 11.7. The fraction of sp³-hybridized carbons (Fsp3) is 0.400. The first-order chi connectivity index (χ1) is 9.36. The SMILES string of the molecule is NCc1nc(COC2CCCc3ccccc32)cs1. The summed E-state index contributed by atoms with van der Waals surface area (Å²) in [5.74, 6) is 0. The number of nitrogens with zero attached hydrogens (tertiary/aromatic N) is 1. The molecule has 1 aromatic carbocycles. The third-order valence-corrected chi connectivity index (χ3v) is 4.44. The molecule has 4 heteroatoms. The van der Waals surface area contributed by atoms with Gasteiger partial charge in [0.2, 0.25) is 0 Å². The number of aromatic nitrogens is 1. The second-order valence-electron chi connectivity index (χ2n) is 4.83. The van der Waals surface area contributed by atoms with Gasteiger partial charge in [0.15, 0.2) is 0 Å². The Bertz CT molecular complexity index is 553. The third kappa shape index (κ3) is 2.86. The molecule has 100 valence electrons. The fourth-order valence-electron chi connectivity index (χ4n) is 2.58. The van der Waals surface area contributed by atoms with Crippen LogP contribution in [0.5, 0.6) is 0 Å². The molecule has 0 saturated heterocycles. The van der Waals surface area contributed by atoms with E-state index in [0.29, 0.717) is 13.2 Å². The molecule has 1 atom stereocenters. The highest BCUT2D eigenvalue weighted by Crippen LogP contribution is 2.32. The standard InChI is InChI=1S/C15H18N2OS/c16-8-15-17-12(10-19-15)9-18-14-7-3-5-11-4-1-2-6-13(11)14/h1-2,4,6,10,14H,3,5,7-9,16H2. The number of nitrogens with two attached hydrogens (primary N) is 1. The Morgan fingerprint density at radius 1 is 1.37 bits per heavy atom. The number of hydrogen-bond donors (Lipinski definition) is 1. The van der Waals surface area contributed by atoms with Gasteiger partial charge in [0.05, 0.1) is 18.4 Å². The van der Waals surface area contributed by atoms with Gasteiger partial charge in [0.1, 0.15) is 5.01 Å². The normalized spacial score (nSPS) is 18.3. The van der Waals surface area contributed by atoms with Crippen LogP contribution in [0.15, 0.2) is 29.6 Å². The smallest absolute Gasteiger partial charge is 0.107 e. The van der Waals surface area contributed by atoms with Gasteiger partial charge in [0, 0.05) is 11.9 Å². The molecule has 2 N–H and O–H groups in total. The number of fused-ring (bicyclic) bond motifs is 1. The topological polar surface area (TPSA) is 48.1 Å². The molecule has 0 aliphatic heterocycles. The van der Waals surface area contributed by atoms with Gasteiger partial charge >= 0.3 is 0 Å². The number of hydrogen-bond acceptors (Lipinski definition) is 4. The summed E-state index contributed by atoms with van der Waals surface area (Å²) in [7, 11) is 0. The molecule has 19 heavy (non-hydrogen) atoms. The van der Waals surface area contributed by atoms with Crippen molar-refractivity contribution < 1.29 is 4.74 Å². The Hall–Kier alpha value is -1.23. The molecular formula is C15H18N2OS. The van der Waals surface area contributed by atoms with Crippen LogP contribution < -0.4 is 5.73 Å². The molecule has 1 aromatic heterocycles. The average Bonchev–Trinajstić information content (AvgIpc) is 2.93. The van der Waals surface area contributed by atoms with Crippen molar-refractivity contribution >= 4 is 11.3 Å². The molecular weight excluding hydrogens is 256 g/mol. The molecule has 2 aromatic rings. The zero-order valence-electron chi connectivity index (χ0n) is 10.8. The lowest BCUT2D eigenvalue weighted by atomic mass is 9.89. The highest BCUT2D eigenvalue weighted by Gasteiger charge is 2.20. The number of rotatable bonds is 4. The minimum atomic E-state index is 0.216. The zero-order chi connectivity index (χ0) is 13.1. The number of aryl methyl sites for hydroxylation is 1. The first kappa shape index (κ1) is 12.8. The van der Waals surface area contributed by atoms with Crippen LogP contribution in [0.1, 0.15) is 40.8 Å². The van der Waals surface area contributed by atoms with E-state index in [0.717, 1.165) is 17.1 Å². The summed E-state index contributed by atoms with van der Waals surface area (Å²) in [4.78, 5) is 4.44. The third-order valence-electron chi connectivity index (χ3n) is 3.52. The van der Waals surface area contributed by atoms with Crippen LogP contribution in [-0.4, -0.2) is 4.98 Å². The summed E-state index contributed by atoms with van der Waals surface area (Å²) >= 11 is 1.61. The summed E-state index contributed by atoms with van der Waals surface area (Å²) in [5.41, 5.74) is 9.35. The lowest BCUT2D eigenvalue weighted by Gasteiger charge is -2.25. The number of ether oxygens (including phenoxy) is 1. The average molecular weight is 274 g/mol. The highest BCUT2D eigenvalue weighted by atomic mass is 32.1. The van der Waals surface area contributed by atoms with Crippen LogP contribution in [0, 0.1) is 0 Å². The van der Waals surface area contributed by atoms with Crippen LogP contribution in [0.25, 0.3) is 0 Å². The molecule has 3 nitrogen and oxygen atoms in total. The second kappa shape index (κ2) is 5.82. The summed E-state index contributed by atoms with van der Waals surface area (Å²) in [6.07, 6.45) is 3.69. The molecule has 0 spiro atoms. The van der Waals surface area contributed by atoms with E-state index in [2.05, 4.69) is 29.2 Å². The summed E-state index contributed by atoms with van der Waals surface area (Å²) in [6, 6.07) is 8.59. The molecule has 0 saturated carbocycles. The Morgan fingerprint density at radius 3 is 3.11 bits per heavy atom. The van der Waals surface area contributed by atoms with E-state index < -0.39 is 0 Å². The van der Waals surface area contributed by atoms with E-state index in [-0.39, 0.29) is 6.10 Å². The maximum absolute atomic E-state index is 6.06. The van der Waals surface area contributed by atoms with Crippen molar-refractivity contribution in [3.05, 3.63) is 51.5 Å². The minimum absolute atomic E-state index is 0.216. The Kier molecular flexibility index (Phi) is 3.92. The van der Waals surface area contributed by atoms with Crippen molar-refractivity contribution in [1.82, 2.24) is 4.98 Å². The lowest BCUT2D eigenvalue weighted by molar-refractivity contribution is 0.0267. The molecule has 0 bridgehead atoms. The summed E-state index contributed by atoms with van der Waals surface area (Å²) < 4.78 is 6.06. The number of thiazole rings is 1. The van der Waals surface area contributed by atoms with Crippen molar-refractivity contribution in [2.45, 2.75) is 38.5 Å². The van der Waals surface area contributed by atoms with Crippen molar-refractivity contribution in [3.63, 3.8) is 0 Å². The van der Waals surface area contributed by atoms with Gasteiger partial charge in [-0.05, 0) is 30.4 Å². The minimum Gasteiger partial charge on any atom is -0.367 e. The van der Waals surface area contributed by atoms with E-state index >= 15 is 0 Å². The predicted molar refractivity (Wildman–Crippen MR) is 76.9 cm³/mol. The van der Waals surface area contributed by atoms with E-state index in [1.165, 1.54) is 24.0 Å². The quantitative estimate of drug-likeness (QED) is 0.931. The predicted octanol–water partition coefficient (Wildman–Crippen LogP) is 3.20. The highest BCUT2D eigenvalue weighted by molar-refractivity contribution is 7.09. The largest absolute Gasteiger partial charge is 0.367 e. The fourth-order valence-corrected chi connectivity index (χ4v) is 3.24. The maximum Gasteiger partial charge on any atom is 0.107 e. The van der Waals surface area contributed by atoms with Crippen LogP contribution in [0.3, 0.4) is 0 Å². The molecule has 0 fully saturated rings. The first-order valence-corrected chi connectivity index (χ1v) is 7.57. The summed E-state index contributed by atoms with van der Waals surface area (Å²) in [5, 5.41) is 3.01. The Balaban J connectivity index is 1.68. The Labute approximate surface area is 117 Å². The monoisotopic (exact) mass is 274 g/mol. The molecule has 1 aliphatic carbocycles. The molecule has 0 radical (unpaired) electrons. The maximum atomic E-state index is 6.06. The number of benzene rings is 1. The van der Waals surface area contributed by atoms with Crippen molar-refractivity contribution in [2.75, 3.05) is 0 Å². The van der Waals surface area contributed by atoms with Gasteiger partial charge in [-0.25, -0.2) is 4.98 Å². The van der Waals surface area contributed by atoms with Crippen LogP contribution in [0.4, 0.5) is 0 Å². The van der Waals surface area contributed by atoms with Gasteiger partial charge in [-0.2, -0.15) is 0 Å².